The predicted molar refractivity (Wildman–Crippen MR) is 75.0 cm³/mol. The van der Waals surface area contributed by atoms with Crippen molar-refractivity contribution in [2.45, 2.75) is 26.2 Å². The quantitative estimate of drug-likeness (QED) is 0.535. The van der Waals surface area contributed by atoms with Gasteiger partial charge in [0.25, 0.3) is 0 Å². The highest BCUT2D eigenvalue weighted by Gasteiger charge is 2.18. The van der Waals surface area contributed by atoms with Crippen LogP contribution in [0.3, 0.4) is 0 Å². The van der Waals surface area contributed by atoms with Gasteiger partial charge in [0.2, 0.25) is 0 Å². The van der Waals surface area contributed by atoms with Gasteiger partial charge in [-0.3, -0.25) is 0 Å². The molecule has 86 valence electrons. The summed E-state index contributed by atoms with van der Waals surface area (Å²) in [6, 6.07) is 10.0. The topological polar surface area (TPSA) is 26.0 Å². The first-order valence-corrected chi connectivity index (χ1v) is 5.73. The molecule has 0 fully saturated rings. The third kappa shape index (κ3) is 1.99. The van der Waals surface area contributed by atoms with E-state index in [0.717, 1.165) is 22.0 Å². The fourth-order valence-corrected chi connectivity index (χ4v) is 2.16. The summed E-state index contributed by atoms with van der Waals surface area (Å²) in [6.07, 6.45) is 5.58. The Morgan fingerprint density at radius 2 is 1.88 bits per heavy atom. The van der Waals surface area contributed by atoms with Crippen LogP contribution in [0.1, 0.15) is 31.9 Å². The van der Waals surface area contributed by atoms with Crippen molar-refractivity contribution in [3.05, 3.63) is 41.5 Å². The molecule has 0 spiro atoms. The molecule has 0 aliphatic carbocycles. The van der Waals surface area contributed by atoms with E-state index in [1.807, 2.05) is 24.3 Å². The standard InChI is InChI=1S/C16H17N/c1-5-11-7-6-8-12-9-13(17)10-14(15(11)12)16(2,3)4/h1,6-10H,17H2,2-4H3. The van der Waals surface area contributed by atoms with Gasteiger partial charge < -0.3 is 5.73 Å². The van der Waals surface area contributed by atoms with Crippen LogP contribution < -0.4 is 5.73 Å². The van der Waals surface area contributed by atoms with Gasteiger partial charge in [-0.15, -0.1) is 6.42 Å². The van der Waals surface area contributed by atoms with E-state index in [1.54, 1.807) is 0 Å². The summed E-state index contributed by atoms with van der Waals surface area (Å²) in [5, 5.41) is 2.27. The van der Waals surface area contributed by atoms with Gasteiger partial charge in [-0.2, -0.15) is 0 Å². The monoisotopic (exact) mass is 223 g/mol. The number of nitrogen functional groups attached to an aromatic ring is 1. The van der Waals surface area contributed by atoms with E-state index in [2.05, 4.69) is 32.8 Å². The second-order valence-electron chi connectivity index (χ2n) is 5.37. The van der Waals surface area contributed by atoms with Crippen molar-refractivity contribution in [2.24, 2.45) is 0 Å². The zero-order valence-corrected chi connectivity index (χ0v) is 10.5. The van der Waals surface area contributed by atoms with Crippen LogP contribution in [0.25, 0.3) is 10.8 Å². The average Bonchev–Trinajstić information content (AvgIpc) is 2.25. The van der Waals surface area contributed by atoms with Crippen molar-refractivity contribution >= 4 is 16.5 Å². The van der Waals surface area contributed by atoms with Gasteiger partial charge >= 0.3 is 0 Å². The van der Waals surface area contributed by atoms with Crippen molar-refractivity contribution in [1.82, 2.24) is 0 Å². The molecule has 0 unspecified atom stereocenters. The van der Waals surface area contributed by atoms with E-state index in [9.17, 15) is 0 Å². The third-order valence-electron chi connectivity index (χ3n) is 2.96. The molecule has 17 heavy (non-hydrogen) atoms. The Kier molecular flexibility index (Phi) is 2.59. The number of hydrogen-bond acceptors (Lipinski definition) is 1. The minimum atomic E-state index is 0.0284. The van der Waals surface area contributed by atoms with E-state index in [1.165, 1.54) is 5.56 Å². The first-order valence-electron chi connectivity index (χ1n) is 5.73. The molecule has 0 saturated heterocycles. The van der Waals surface area contributed by atoms with Gasteiger partial charge in [-0.05, 0) is 34.6 Å². The van der Waals surface area contributed by atoms with Gasteiger partial charge in [0.05, 0.1) is 0 Å². The largest absolute Gasteiger partial charge is 0.399 e. The summed E-state index contributed by atoms with van der Waals surface area (Å²) in [5.74, 6) is 2.76. The van der Waals surface area contributed by atoms with Crippen LogP contribution in [0.4, 0.5) is 5.69 Å². The summed E-state index contributed by atoms with van der Waals surface area (Å²) < 4.78 is 0. The number of fused-ring (bicyclic) bond motifs is 1. The molecule has 2 aromatic carbocycles. The fourth-order valence-electron chi connectivity index (χ4n) is 2.16. The maximum Gasteiger partial charge on any atom is 0.0324 e. The van der Waals surface area contributed by atoms with Crippen molar-refractivity contribution < 1.29 is 0 Å². The zero-order chi connectivity index (χ0) is 12.6. The van der Waals surface area contributed by atoms with Gasteiger partial charge in [0.1, 0.15) is 0 Å². The van der Waals surface area contributed by atoms with E-state index < -0.39 is 0 Å². The van der Waals surface area contributed by atoms with Gasteiger partial charge in [-0.1, -0.05) is 38.8 Å². The molecule has 0 saturated carbocycles. The van der Waals surface area contributed by atoms with Gasteiger partial charge in [-0.25, -0.2) is 0 Å². The second-order valence-corrected chi connectivity index (χ2v) is 5.37. The molecule has 0 heterocycles. The number of benzene rings is 2. The van der Waals surface area contributed by atoms with Crippen molar-refractivity contribution in [3.8, 4) is 12.3 Å². The first-order chi connectivity index (χ1) is 7.93. The van der Waals surface area contributed by atoms with Crippen LogP contribution in [0.2, 0.25) is 0 Å². The summed E-state index contributed by atoms with van der Waals surface area (Å²) in [6.45, 7) is 6.53. The van der Waals surface area contributed by atoms with Crippen LogP contribution in [-0.4, -0.2) is 0 Å². The van der Waals surface area contributed by atoms with Gasteiger partial charge in [0.15, 0.2) is 0 Å². The molecule has 0 radical (unpaired) electrons. The molecule has 0 atom stereocenters. The molecule has 2 rings (SSSR count). The Morgan fingerprint density at radius 3 is 2.47 bits per heavy atom. The Balaban J connectivity index is 2.96. The average molecular weight is 223 g/mol. The summed E-state index contributed by atoms with van der Waals surface area (Å²) in [4.78, 5) is 0. The van der Waals surface area contributed by atoms with Crippen LogP contribution in [0.15, 0.2) is 30.3 Å². The lowest BCUT2D eigenvalue weighted by atomic mass is 9.82. The number of rotatable bonds is 0. The van der Waals surface area contributed by atoms with Crippen molar-refractivity contribution in [3.63, 3.8) is 0 Å². The number of terminal acetylenes is 1. The third-order valence-corrected chi connectivity index (χ3v) is 2.96. The van der Waals surface area contributed by atoms with E-state index in [0.29, 0.717) is 0 Å². The van der Waals surface area contributed by atoms with E-state index >= 15 is 0 Å². The lowest BCUT2D eigenvalue weighted by molar-refractivity contribution is 0.596. The second kappa shape index (κ2) is 3.82. The molecule has 2 aromatic rings. The highest BCUT2D eigenvalue weighted by molar-refractivity contribution is 5.94. The van der Waals surface area contributed by atoms with Crippen LogP contribution in [-0.2, 0) is 5.41 Å². The predicted octanol–water partition coefficient (Wildman–Crippen LogP) is 3.70. The first kappa shape index (κ1) is 11.5. The molecule has 0 aromatic heterocycles. The highest BCUT2D eigenvalue weighted by atomic mass is 14.5. The minimum Gasteiger partial charge on any atom is -0.399 e. The van der Waals surface area contributed by atoms with Crippen molar-refractivity contribution in [2.75, 3.05) is 5.73 Å². The highest BCUT2D eigenvalue weighted by Crippen LogP contribution is 2.33. The Bertz CT molecular complexity index is 610. The van der Waals surface area contributed by atoms with Crippen molar-refractivity contribution in [1.29, 1.82) is 0 Å². The summed E-state index contributed by atoms with van der Waals surface area (Å²) in [5.41, 5.74) is 8.92. The maximum absolute atomic E-state index is 5.96. The number of hydrogen-bond donors (Lipinski definition) is 1. The molecule has 1 nitrogen and oxygen atoms in total. The minimum absolute atomic E-state index is 0.0284. The zero-order valence-electron chi connectivity index (χ0n) is 10.5. The molecule has 0 aliphatic heterocycles. The van der Waals surface area contributed by atoms with Crippen LogP contribution in [0.5, 0.6) is 0 Å². The van der Waals surface area contributed by atoms with Gasteiger partial charge in [0, 0.05) is 16.6 Å². The number of anilines is 1. The molecule has 1 heteroatoms. The summed E-state index contributed by atoms with van der Waals surface area (Å²) in [7, 11) is 0. The lowest BCUT2D eigenvalue weighted by Gasteiger charge is -2.22. The van der Waals surface area contributed by atoms with Crippen LogP contribution >= 0.6 is 0 Å². The fraction of sp³-hybridized carbons (Fsp3) is 0.250. The lowest BCUT2D eigenvalue weighted by Crippen LogP contribution is -2.12. The normalized spacial score (nSPS) is 11.4. The smallest absolute Gasteiger partial charge is 0.0324 e. The summed E-state index contributed by atoms with van der Waals surface area (Å²) >= 11 is 0. The Hall–Kier alpha value is -1.94. The molecule has 0 bridgehead atoms. The molecular weight excluding hydrogens is 206 g/mol. The Morgan fingerprint density at radius 1 is 1.18 bits per heavy atom. The molecular formula is C16H17N. The molecule has 2 N–H and O–H groups in total. The molecule has 0 amide bonds. The number of nitrogens with two attached hydrogens (primary N) is 1. The Labute approximate surface area is 103 Å². The van der Waals surface area contributed by atoms with E-state index in [4.69, 9.17) is 12.2 Å². The molecule has 0 aliphatic rings. The maximum atomic E-state index is 5.96. The van der Waals surface area contributed by atoms with Crippen LogP contribution in [0, 0.1) is 12.3 Å². The SMILES string of the molecule is C#Cc1cccc2cc(N)cc(C(C)(C)C)c12. The van der Waals surface area contributed by atoms with E-state index in [-0.39, 0.29) is 5.41 Å².